The Labute approximate surface area is 146 Å². The van der Waals surface area contributed by atoms with Crippen LogP contribution in [-0.2, 0) is 11.2 Å². The number of rotatable bonds is 8. The Morgan fingerprint density at radius 1 is 1.28 bits per heavy atom. The first-order chi connectivity index (χ1) is 12.0. The van der Waals surface area contributed by atoms with Crippen molar-refractivity contribution < 1.29 is 23.0 Å². The molecule has 0 spiro atoms. The van der Waals surface area contributed by atoms with E-state index >= 15 is 0 Å². The number of hydrogen-bond donors (Lipinski definition) is 0. The number of methoxy groups -OCH3 is 1. The Hall–Kier alpha value is -2.15. The van der Waals surface area contributed by atoms with Gasteiger partial charge in [-0.3, -0.25) is 9.69 Å². The first-order valence-corrected chi connectivity index (χ1v) is 8.22. The summed E-state index contributed by atoms with van der Waals surface area (Å²) in [5, 5.41) is 0. The first-order valence-electron chi connectivity index (χ1n) is 8.22. The van der Waals surface area contributed by atoms with E-state index in [1.165, 1.54) is 0 Å². The average molecular weight is 354 g/mol. The zero-order valence-corrected chi connectivity index (χ0v) is 14.4. The molecule has 1 aliphatic rings. The van der Waals surface area contributed by atoms with E-state index in [0.717, 1.165) is 12.0 Å². The molecule has 0 aromatic heterocycles. The van der Waals surface area contributed by atoms with E-state index < -0.39 is 6.43 Å². The van der Waals surface area contributed by atoms with Crippen LogP contribution in [0.4, 0.5) is 8.78 Å². The molecule has 138 valence electrons. The van der Waals surface area contributed by atoms with Crippen LogP contribution in [0.5, 0.6) is 11.5 Å². The van der Waals surface area contributed by atoms with Gasteiger partial charge in [-0.25, -0.2) is 8.78 Å². The zero-order valence-electron chi connectivity index (χ0n) is 14.4. The SMILES string of the molecule is C=CCc1ccc(OCC(=O)N2CCN(CC(F)F)CC2)c(OC)c1. The lowest BCUT2D eigenvalue weighted by Crippen LogP contribution is -2.50. The molecule has 1 heterocycles. The van der Waals surface area contributed by atoms with E-state index in [0.29, 0.717) is 37.7 Å². The lowest BCUT2D eigenvalue weighted by Gasteiger charge is -2.34. The molecule has 5 nitrogen and oxygen atoms in total. The molecule has 1 aromatic rings. The lowest BCUT2D eigenvalue weighted by molar-refractivity contribution is -0.135. The van der Waals surface area contributed by atoms with Crippen LogP contribution in [0, 0.1) is 0 Å². The third-order valence-corrected chi connectivity index (χ3v) is 4.08. The van der Waals surface area contributed by atoms with Crippen LogP contribution in [0.25, 0.3) is 0 Å². The van der Waals surface area contributed by atoms with Gasteiger partial charge in [0.15, 0.2) is 18.1 Å². The molecule has 1 saturated heterocycles. The molecule has 0 bridgehead atoms. The minimum Gasteiger partial charge on any atom is -0.493 e. The third-order valence-electron chi connectivity index (χ3n) is 4.08. The van der Waals surface area contributed by atoms with Crippen molar-refractivity contribution in [3.05, 3.63) is 36.4 Å². The molecule has 0 radical (unpaired) electrons. The number of piperazine rings is 1. The van der Waals surface area contributed by atoms with E-state index in [9.17, 15) is 13.6 Å². The van der Waals surface area contributed by atoms with E-state index in [1.54, 1.807) is 29.1 Å². The number of allylic oxidation sites excluding steroid dienone is 1. The van der Waals surface area contributed by atoms with Gasteiger partial charge in [0.25, 0.3) is 12.3 Å². The second kappa shape index (κ2) is 9.36. The van der Waals surface area contributed by atoms with Gasteiger partial charge in [-0.05, 0) is 24.1 Å². The number of benzene rings is 1. The monoisotopic (exact) mass is 354 g/mol. The van der Waals surface area contributed by atoms with Crippen molar-refractivity contribution in [3.63, 3.8) is 0 Å². The molecule has 0 saturated carbocycles. The van der Waals surface area contributed by atoms with Crippen molar-refractivity contribution in [2.45, 2.75) is 12.8 Å². The van der Waals surface area contributed by atoms with Crippen molar-refractivity contribution in [2.24, 2.45) is 0 Å². The van der Waals surface area contributed by atoms with Crippen molar-refractivity contribution >= 4 is 5.91 Å². The average Bonchev–Trinajstić information content (AvgIpc) is 2.60. The molecule has 2 rings (SSSR count). The minimum absolute atomic E-state index is 0.105. The van der Waals surface area contributed by atoms with Crippen LogP contribution in [-0.4, -0.2) is 68.6 Å². The maximum Gasteiger partial charge on any atom is 0.260 e. The summed E-state index contributed by atoms with van der Waals surface area (Å²) in [4.78, 5) is 15.6. The highest BCUT2D eigenvalue weighted by Crippen LogP contribution is 2.28. The van der Waals surface area contributed by atoms with Gasteiger partial charge in [-0.2, -0.15) is 0 Å². The number of carbonyl (C=O) groups is 1. The highest BCUT2D eigenvalue weighted by Gasteiger charge is 2.23. The standard InChI is InChI=1S/C18H24F2N2O3/c1-3-4-14-5-6-15(16(11-14)24-2)25-13-18(23)22-9-7-21(8-10-22)12-17(19)20/h3,5-6,11,17H,1,4,7-10,12-13H2,2H3. The summed E-state index contributed by atoms with van der Waals surface area (Å²) in [6.07, 6.45) is 0.174. The number of alkyl halides is 2. The van der Waals surface area contributed by atoms with Gasteiger partial charge >= 0.3 is 0 Å². The van der Waals surface area contributed by atoms with Gasteiger partial charge in [-0.15, -0.1) is 6.58 Å². The van der Waals surface area contributed by atoms with Crippen LogP contribution < -0.4 is 9.47 Å². The molecule has 1 amide bonds. The number of carbonyl (C=O) groups excluding carboxylic acids is 1. The van der Waals surface area contributed by atoms with Gasteiger partial charge in [-0.1, -0.05) is 12.1 Å². The summed E-state index contributed by atoms with van der Waals surface area (Å²) in [5.74, 6) is 0.905. The predicted molar refractivity (Wildman–Crippen MR) is 91.4 cm³/mol. The van der Waals surface area contributed by atoms with E-state index in [1.807, 2.05) is 12.1 Å². The predicted octanol–water partition coefficient (Wildman–Crippen LogP) is 2.21. The van der Waals surface area contributed by atoms with Gasteiger partial charge in [0.1, 0.15) is 0 Å². The number of hydrogen-bond acceptors (Lipinski definition) is 4. The fourth-order valence-corrected chi connectivity index (χ4v) is 2.73. The normalized spacial score (nSPS) is 15.3. The maximum atomic E-state index is 12.4. The molecular formula is C18H24F2N2O3. The van der Waals surface area contributed by atoms with E-state index in [4.69, 9.17) is 9.47 Å². The number of amides is 1. The van der Waals surface area contributed by atoms with Crippen LogP contribution >= 0.6 is 0 Å². The molecule has 0 aliphatic carbocycles. The number of ether oxygens (including phenoxy) is 2. The van der Waals surface area contributed by atoms with Crippen LogP contribution in [0.3, 0.4) is 0 Å². The largest absolute Gasteiger partial charge is 0.493 e. The van der Waals surface area contributed by atoms with Crippen molar-refractivity contribution in [2.75, 3.05) is 46.4 Å². The fourth-order valence-electron chi connectivity index (χ4n) is 2.73. The van der Waals surface area contributed by atoms with Gasteiger partial charge in [0.05, 0.1) is 13.7 Å². The molecule has 0 unspecified atom stereocenters. The second-order valence-electron chi connectivity index (χ2n) is 5.84. The van der Waals surface area contributed by atoms with Crippen molar-refractivity contribution in [3.8, 4) is 11.5 Å². The molecule has 0 atom stereocenters. The fraction of sp³-hybridized carbons (Fsp3) is 0.500. The smallest absolute Gasteiger partial charge is 0.260 e. The number of halogens is 2. The second-order valence-corrected chi connectivity index (χ2v) is 5.84. The summed E-state index contributed by atoms with van der Waals surface area (Å²) in [6, 6.07) is 5.52. The third kappa shape index (κ3) is 5.70. The first kappa shape index (κ1) is 19.2. The van der Waals surface area contributed by atoms with Crippen molar-refractivity contribution in [1.29, 1.82) is 0 Å². The van der Waals surface area contributed by atoms with Gasteiger partial charge in [0, 0.05) is 26.2 Å². The molecule has 0 N–H and O–H groups in total. The minimum atomic E-state index is -2.35. The Balaban J connectivity index is 1.85. The van der Waals surface area contributed by atoms with Crippen LogP contribution in [0.15, 0.2) is 30.9 Å². The van der Waals surface area contributed by atoms with Gasteiger partial charge < -0.3 is 14.4 Å². The molecular weight excluding hydrogens is 330 g/mol. The van der Waals surface area contributed by atoms with E-state index in [-0.39, 0.29) is 19.1 Å². The maximum absolute atomic E-state index is 12.4. The molecule has 25 heavy (non-hydrogen) atoms. The van der Waals surface area contributed by atoms with Crippen LogP contribution in [0.2, 0.25) is 0 Å². The highest BCUT2D eigenvalue weighted by molar-refractivity contribution is 5.78. The Morgan fingerprint density at radius 3 is 2.60 bits per heavy atom. The molecule has 1 aromatic carbocycles. The quantitative estimate of drug-likeness (QED) is 0.672. The summed E-state index contributed by atoms with van der Waals surface area (Å²) in [6.45, 7) is 5.13. The Kier molecular flexibility index (Phi) is 7.18. The summed E-state index contributed by atoms with van der Waals surface area (Å²) in [5.41, 5.74) is 1.04. The van der Waals surface area contributed by atoms with Crippen LogP contribution in [0.1, 0.15) is 5.56 Å². The molecule has 7 heteroatoms. The van der Waals surface area contributed by atoms with Gasteiger partial charge in [0.2, 0.25) is 0 Å². The molecule has 1 aliphatic heterocycles. The summed E-state index contributed by atoms with van der Waals surface area (Å²) < 4.78 is 35.6. The highest BCUT2D eigenvalue weighted by atomic mass is 19.3. The topological polar surface area (TPSA) is 42.0 Å². The van der Waals surface area contributed by atoms with Crippen molar-refractivity contribution in [1.82, 2.24) is 9.80 Å². The Bertz CT molecular complexity index is 588. The lowest BCUT2D eigenvalue weighted by atomic mass is 10.1. The van der Waals surface area contributed by atoms with E-state index in [2.05, 4.69) is 6.58 Å². The Morgan fingerprint density at radius 2 is 2.00 bits per heavy atom. The number of nitrogens with zero attached hydrogens (tertiary/aromatic N) is 2. The zero-order chi connectivity index (χ0) is 18.2. The summed E-state index contributed by atoms with van der Waals surface area (Å²) >= 11 is 0. The molecule has 1 fully saturated rings. The summed E-state index contributed by atoms with van der Waals surface area (Å²) in [7, 11) is 1.55.